The van der Waals surface area contributed by atoms with Crippen molar-refractivity contribution in [2.45, 2.75) is 38.1 Å². The van der Waals surface area contributed by atoms with Crippen molar-refractivity contribution in [1.29, 1.82) is 5.26 Å². The molecule has 1 saturated heterocycles. The normalized spacial score (nSPS) is 19.9. The molecule has 2 unspecified atom stereocenters. The van der Waals surface area contributed by atoms with Gasteiger partial charge in [-0.3, -0.25) is 4.79 Å². The van der Waals surface area contributed by atoms with Gasteiger partial charge >= 0.3 is 0 Å². The first kappa shape index (κ1) is 22.1. The number of hydrogen-bond acceptors (Lipinski definition) is 5. The summed E-state index contributed by atoms with van der Waals surface area (Å²) in [5.41, 5.74) is 0.374. The molecule has 2 heterocycles. The van der Waals surface area contributed by atoms with E-state index in [1.807, 2.05) is 6.07 Å². The predicted octanol–water partition coefficient (Wildman–Crippen LogP) is 3.50. The van der Waals surface area contributed by atoms with E-state index in [1.165, 1.54) is 35.4 Å². The van der Waals surface area contributed by atoms with Gasteiger partial charge in [-0.2, -0.15) is 9.57 Å². The van der Waals surface area contributed by atoms with Gasteiger partial charge in [-0.05, 0) is 54.7 Å². The lowest BCUT2D eigenvalue weighted by atomic mass is 9.94. The molecule has 30 heavy (non-hydrogen) atoms. The minimum absolute atomic E-state index is 0.190. The minimum atomic E-state index is -3.60. The smallest absolute Gasteiger partial charge is 0.254 e. The molecule has 1 aliphatic rings. The highest BCUT2D eigenvalue weighted by molar-refractivity contribution is 7.89. The highest BCUT2D eigenvalue weighted by Crippen LogP contribution is 2.27. The van der Waals surface area contributed by atoms with Crippen LogP contribution >= 0.6 is 0 Å². The Labute approximate surface area is 177 Å². The summed E-state index contributed by atoms with van der Waals surface area (Å²) in [5.74, 6) is 0.985. The highest BCUT2D eigenvalue weighted by Gasteiger charge is 2.31. The second-order valence-corrected chi connectivity index (χ2v) is 9.94. The van der Waals surface area contributed by atoms with Crippen LogP contribution in [0.25, 0.3) is 0 Å². The Morgan fingerprint density at radius 2 is 1.87 bits per heavy atom. The zero-order valence-corrected chi connectivity index (χ0v) is 18.1. The summed E-state index contributed by atoms with van der Waals surface area (Å²) in [6, 6.07) is 11.6. The van der Waals surface area contributed by atoms with Gasteiger partial charge in [0.1, 0.15) is 5.76 Å². The topological polar surface area (TPSA) is 94.6 Å². The van der Waals surface area contributed by atoms with E-state index in [1.54, 1.807) is 16.4 Å². The molecule has 8 heteroatoms. The van der Waals surface area contributed by atoms with E-state index in [9.17, 15) is 13.2 Å². The Morgan fingerprint density at radius 1 is 1.20 bits per heavy atom. The fourth-order valence-electron chi connectivity index (χ4n) is 3.93. The van der Waals surface area contributed by atoms with E-state index in [-0.39, 0.29) is 30.3 Å². The summed E-state index contributed by atoms with van der Waals surface area (Å²) in [4.78, 5) is 14.7. The minimum Gasteiger partial charge on any atom is -0.467 e. The maximum absolute atomic E-state index is 13.0. The third-order valence-electron chi connectivity index (χ3n) is 5.28. The van der Waals surface area contributed by atoms with Gasteiger partial charge in [0.25, 0.3) is 5.91 Å². The van der Waals surface area contributed by atoms with Crippen LogP contribution in [0.5, 0.6) is 0 Å². The van der Waals surface area contributed by atoms with E-state index < -0.39 is 10.0 Å². The van der Waals surface area contributed by atoms with Crippen LogP contribution in [-0.4, -0.2) is 43.2 Å². The van der Waals surface area contributed by atoms with E-state index in [0.717, 1.165) is 6.42 Å². The summed E-state index contributed by atoms with van der Waals surface area (Å²) in [6.07, 6.45) is 2.75. The van der Waals surface area contributed by atoms with Gasteiger partial charge in [0.2, 0.25) is 10.0 Å². The van der Waals surface area contributed by atoms with Crippen LogP contribution < -0.4 is 0 Å². The zero-order valence-electron chi connectivity index (χ0n) is 17.3. The molecule has 0 spiro atoms. The fourth-order valence-corrected chi connectivity index (χ4v) is 5.61. The summed E-state index contributed by atoms with van der Waals surface area (Å²) in [6.45, 7) is 5.66. The molecule has 1 aliphatic heterocycles. The molecular weight excluding hydrogens is 402 g/mol. The number of carbonyl (C=O) groups is 1. The Hall–Kier alpha value is -2.63. The average Bonchev–Trinajstić information content (AvgIpc) is 3.23. The van der Waals surface area contributed by atoms with E-state index >= 15 is 0 Å². The molecule has 1 amide bonds. The first-order valence-corrected chi connectivity index (χ1v) is 11.5. The molecule has 0 saturated carbocycles. The van der Waals surface area contributed by atoms with Gasteiger partial charge in [0.15, 0.2) is 0 Å². The molecule has 7 nitrogen and oxygen atoms in total. The molecule has 1 aromatic heterocycles. The van der Waals surface area contributed by atoms with Crippen molar-refractivity contribution in [3.8, 4) is 6.07 Å². The van der Waals surface area contributed by atoms with Gasteiger partial charge < -0.3 is 9.32 Å². The monoisotopic (exact) mass is 429 g/mol. The Bertz CT molecular complexity index is 984. The summed E-state index contributed by atoms with van der Waals surface area (Å²) >= 11 is 0. The molecule has 0 bridgehead atoms. The van der Waals surface area contributed by atoms with E-state index in [0.29, 0.717) is 36.2 Å². The molecule has 160 valence electrons. The van der Waals surface area contributed by atoms with E-state index in [4.69, 9.17) is 9.68 Å². The van der Waals surface area contributed by atoms with Gasteiger partial charge in [-0.1, -0.05) is 13.8 Å². The fraction of sp³-hybridized carbons (Fsp3) is 0.455. The number of sulfonamides is 1. The first-order valence-electron chi connectivity index (χ1n) is 10.1. The SMILES string of the molecule is CC1CC(C)CN(S(=O)(=O)c2ccc(C(=O)N(CCC#N)Cc3ccco3)cc2)C1. The average molecular weight is 430 g/mol. The maximum Gasteiger partial charge on any atom is 0.254 e. The van der Waals surface area contributed by atoms with Crippen LogP contribution in [0.1, 0.15) is 42.8 Å². The second-order valence-electron chi connectivity index (χ2n) is 8.01. The lowest BCUT2D eigenvalue weighted by molar-refractivity contribution is 0.0735. The zero-order chi connectivity index (χ0) is 21.7. The van der Waals surface area contributed by atoms with E-state index in [2.05, 4.69) is 13.8 Å². The lowest BCUT2D eigenvalue weighted by Gasteiger charge is -2.34. The number of amides is 1. The summed E-state index contributed by atoms with van der Waals surface area (Å²) in [7, 11) is -3.60. The number of piperidine rings is 1. The van der Waals surface area contributed by atoms with Gasteiger partial charge in [0, 0.05) is 25.2 Å². The van der Waals surface area contributed by atoms with Crippen molar-refractivity contribution in [1.82, 2.24) is 9.21 Å². The van der Waals surface area contributed by atoms with Crippen molar-refractivity contribution in [3.05, 3.63) is 54.0 Å². The lowest BCUT2D eigenvalue weighted by Crippen LogP contribution is -2.42. The van der Waals surface area contributed by atoms with Gasteiger partial charge in [0.05, 0.1) is 30.2 Å². The molecule has 2 atom stereocenters. The van der Waals surface area contributed by atoms with Crippen LogP contribution in [0.2, 0.25) is 0 Å². The third-order valence-corrected chi connectivity index (χ3v) is 7.13. The van der Waals surface area contributed by atoms with Crippen molar-refractivity contribution in [2.24, 2.45) is 11.8 Å². The van der Waals surface area contributed by atoms with Gasteiger partial charge in [-0.25, -0.2) is 8.42 Å². The highest BCUT2D eigenvalue weighted by atomic mass is 32.2. The van der Waals surface area contributed by atoms with Crippen LogP contribution in [0.15, 0.2) is 52.0 Å². The maximum atomic E-state index is 13.0. The summed E-state index contributed by atoms with van der Waals surface area (Å²) < 4.78 is 32.9. The number of carbonyl (C=O) groups excluding carboxylic acids is 1. The van der Waals surface area contributed by atoms with Crippen molar-refractivity contribution >= 4 is 15.9 Å². The first-order chi connectivity index (χ1) is 14.3. The number of nitriles is 1. The summed E-state index contributed by atoms with van der Waals surface area (Å²) in [5, 5.41) is 8.90. The number of nitrogens with zero attached hydrogens (tertiary/aromatic N) is 3. The predicted molar refractivity (Wildman–Crippen MR) is 112 cm³/mol. The largest absolute Gasteiger partial charge is 0.467 e. The van der Waals surface area contributed by atoms with Gasteiger partial charge in [-0.15, -0.1) is 0 Å². The molecule has 0 aliphatic carbocycles. The Kier molecular flexibility index (Phi) is 6.95. The molecule has 3 rings (SSSR count). The Balaban J connectivity index is 1.77. The molecule has 0 N–H and O–H groups in total. The molecule has 2 aromatic rings. The number of furan rings is 1. The molecule has 1 fully saturated rings. The Morgan fingerprint density at radius 3 is 2.43 bits per heavy atom. The standard InChI is InChI=1S/C22H27N3O4S/c1-17-13-18(2)15-25(14-17)30(27,28)21-8-6-19(7-9-21)22(26)24(11-4-10-23)16-20-5-3-12-29-20/h3,5-9,12,17-18H,4,11,13-16H2,1-2H3. The van der Waals surface area contributed by atoms with Crippen LogP contribution in [-0.2, 0) is 16.6 Å². The van der Waals surface area contributed by atoms with Crippen LogP contribution in [0.3, 0.4) is 0 Å². The number of hydrogen-bond donors (Lipinski definition) is 0. The quantitative estimate of drug-likeness (QED) is 0.671. The third kappa shape index (κ3) is 5.10. The van der Waals surface area contributed by atoms with Crippen LogP contribution in [0, 0.1) is 23.2 Å². The number of benzene rings is 1. The number of rotatable bonds is 7. The molecule has 0 radical (unpaired) electrons. The molecule has 1 aromatic carbocycles. The van der Waals surface area contributed by atoms with Crippen molar-refractivity contribution < 1.29 is 17.6 Å². The molecular formula is C22H27N3O4S. The van der Waals surface area contributed by atoms with Crippen molar-refractivity contribution in [3.63, 3.8) is 0 Å². The van der Waals surface area contributed by atoms with Crippen LogP contribution in [0.4, 0.5) is 0 Å². The second kappa shape index (κ2) is 9.45. The van der Waals surface area contributed by atoms with Crippen molar-refractivity contribution in [2.75, 3.05) is 19.6 Å².